The lowest BCUT2D eigenvalue weighted by Gasteiger charge is -2.24. The Hall–Kier alpha value is -11.1. The quantitative estimate of drug-likeness (QED) is 0.132. The third-order valence-electron chi connectivity index (χ3n) is 14.9. The number of halogens is 6. The molecular weight excluding hydrogens is 1070 g/mol. The maximum Gasteiger partial charge on any atom is 0.417 e. The largest absolute Gasteiger partial charge is 0.417 e. The summed E-state index contributed by atoms with van der Waals surface area (Å²) in [5.74, 6) is 2.39. The highest BCUT2D eigenvalue weighted by Gasteiger charge is 2.39. The van der Waals surface area contributed by atoms with Crippen molar-refractivity contribution in [1.82, 2.24) is 39.0 Å². The van der Waals surface area contributed by atoms with Crippen LogP contribution >= 0.6 is 0 Å². The van der Waals surface area contributed by atoms with Crippen molar-refractivity contribution < 1.29 is 26.3 Å². The molecule has 0 saturated heterocycles. The molecule has 4 heterocycles. The SMILES string of the molecule is N#Cc1cc(-n2c3ccccc3c3cc(-c4nc(-c5ccccc5)nc(-c5ccccc5)n4)ccc32)c(-c2cc(C(F)(F)F)ccc2C(F)(F)F)c(-n2c3ccccc3c3cc(-c4nc(-c5ccccc5)nc(-c5ccccc5)n4)ccc32)c1. The van der Waals surface area contributed by atoms with Crippen molar-refractivity contribution in [1.29, 1.82) is 5.26 Å². The number of benzene rings is 10. The van der Waals surface area contributed by atoms with E-state index in [2.05, 4.69) is 6.07 Å². The van der Waals surface area contributed by atoms with Crippen molar-refractivity contribution in [3.05, 3.63) is 253 Å². The molecule has 402 valence electrons. The van der Waals surface area contributed by atoms with Crippen LogP contribution in [0.2, 0.25) is 0 Å². The molecule has 0 fully saturated rings. The van der Waals surface area contributed by atoms with E-state index in [1.807, 2.05) is 158 Å². The predicted molar refractivity (Wildman–Crippen MR) is 315 cm³/mol. The molecule has 0 atom stereocenters. The zero-order valence-electron chi connectivity index (χ0n) is 43.8. The van der Waals surface area contributed by atoms with E-state index >= 15 is 26.3 Å². The number of aromatic nitrogens is 8. The molecule has 9 nitrogen and oxygen atoms in total. The average molecular weight is 1110 g/mol. The normalized spacial score (nSPS) is 11.9. The molecule has 14 rings (SSSR count). The molecule has 0 amide bonds. The Balaban J connectivity index is 1.04. The summed E-state index contributed by atoms with van der Waals surface area (Å²) in [4.78, 5) is 29.5. The average Bonchev–Trinajstić information content (AvgIpc) is 1.93. The first kappa shape index (κ1) is 51.1. The van der Waals surface area contributed by atoms with Crippen LogP contribution in [0.4, 0.5) is 26.3 Å². The van der Waals surface area contributed by atoms with Gasteiger partial charge >= 0.3 is 12.4 Å². The molecule has 0 aliphatic heterocycles. The molecule has 14 aromatic rings. The van der Waals surface area contributed by atoms with Crippen LogP contribution in [0, 0.1) is 11.3 Å². The lowest BCUT2D eigenvalue weighted by molar-refractivity contribution is -0.141. The maximum absolute atomic E-state index is 15.8. The first-order valence-corrected chi connectivity index (χ1v) is 26.5. The Labute approximate surface area is 474 Å². The fourth-order valence-corrected chi connectivity index (χ4v) is 11.1. The van der Waals surface area contributed by atoms with Gasteiger partial charge < -0.3 is 9.13 Å². The number of hydrogen-bond donors (Lipinski definition) is 0. The summed E-state index contributed by atoms with van der Waals surface area (Å²) >= 11 is 0. The van der Waals surface area contributed by atoms with Gasteiger partial charge in [-0.1, -0.05) is 158 Å². The number of alkyl halides is 6. The van der Waals surface area contributed by atoms with Crippen LogP contribution < -0.4 is 0 Å². The van der Waals surface area contributed by atoms with Gasteiger partial charge in [0, 0.05) is 60.5 Å². The van der Waals surface area contributed by atoms with Gasteiger partial charge in [0.15, 0.2) is 34.9 Å². The number of nitriles is 1. The van der Waals surface area contributed by atoms with Gasteiger partial charge in [-0.25, -0.2) is 29.9 Å². The van der Waals surface area contributed by atoms with E-state index in [4.69, 9.17) is 29.9 Å². The van der Waals surface area contributed by atoms with Crippen molar-refractivity contribution in [2.75, 3.05) is 0 Å². The van der Waals surface area contributed by atoms with Crippen molar-refractivity contribution in [3.63, 3.8) is 0 Å². The van der Waals surface area contributed by atoms with E-state index in [-0.39, 0.29) is 22.5 Å². The molecule has 15 heteroatoms. The first-order chi connectivity index (χ1) is 40.9. The second kappa shape index (κ2) is 20.2. The lowest BCUT2D eigenvalue weighted by atomic mass is 9.92. The standard InChI is InChI=1S/C69H39F6N9/c70-68(71,72)48-31-32-54(69(73,74)75)53(39-48)61-59(83-55-27-15-13-25-49(55)51-37-46(29-33-57(51)83)66-79-62(42-17-5-1-6-18-42)77-63(80-66)43-19-7-2-8-20-43)35-41(40-76)36-60(61)84-56-28-16-14-26-50(56)52-38-47(30-34-58(52)84)67-81-64(44-21-9-3-10-22-44)78-65(82-67)45-23-11-4-12-24-45/h1-39H. The highest BCUT2D eigenvalue weighted by molar-refractivity contribution is 6.13. The van der Waals surface area contributed by atoms with Crippen molar-refractivity contribution in [2.24, 2.45) is 0 Å². The van der Waals surface area contributed by atoms with Crippen LogP contribution in [-0.4, -0.2) is 39.0 Å². The van der Waals surface area contributed by atoms with E-state index in [1.54, 1.807) is 57.7 Å². The van der Waals surface area contributed by atoms with Crippen LogP contribution in [-0.2, 0) is 12.4 Å². The summed E-state index contributed by atoms with van der Waals surface area (Å²) in [5, 5.41) is 13.6. The Morgan fingerprint density at radius 3 is 1.02 bits per heavy atom. The number of para-hydroxylation sites is 2. The maximum atomic E-state index is 15.8. The van der Waals surface area contributed by atoms with Crippen LogP contribution in [0.3, 0.4) is 0 Å². The molecular formula is C69H39F6N9. The Bertz CT molecular complexity index is 4560. The monoisotopic (exact) mass is 1110 g/mol. The zero-order chi connectivity index (χ0) is 57.3. The summed E-state index contributed by atoms with van der Waals surface area (Å²) in [6, 6.07) is 69.9. The van der Waals surface area contributed by atoms with Crippen LogP contribution in [0.1, 0.15) is 16.7 Å². The van der Waals surface area contributed by atoms with Crippen LogP contribution in [0.25, 0.3) is 134 Å². The van der Waals surface area contributed by atoms with Crippen LogP contribution in [0.5, 0.6) is 0 Å². The third-order valence-corrected chi connectivity index (χ3v) is 14.9. The molecule has 0 aliphatic rings. The van der Waals surface area contributed by atoms with E-state index < -0.39 is 29.0 Å². The highest BCUT2D eigenvalue weighted by Crippen LogP contribution is 2.49. The molecule has 10 aromatic carbocycles. The molecule has 0 spiro atoms. The van der Waals surface area contributed by atoms with E-state index in [9.17, 15) is 5.26 Å². The minimum Gasteiger partial charge on any atom is -0.308 e. The molecule has 0 radical (unpaired) electrons. The molecule has 0 N–H and O–H groups in total. The minimum absolute atomic E-state index is 0.0142. The second-order valence-corrected chi connectivity index (χ2v) is 20.0. The second-order valence-electron chi connectivity index (χ2n) is 20.0. The zero-order valence-corrected chi connectivity index (χ0v) is 43.8. The van der Waals surface area contributed by atoms with Crippen molar-refractivity contribution in [3.8, 4) is 96.9 Å². The fraction of sp³-hybridized carbons (Fsp3) is 0.0290. The number of fused-ring (bicyclic) bond motifs is 6. The summed E-state index contributed by atoms with van der Waals surface area (Å²) < 4.78 is 96.2. The van der Waals surface area contributed by atoms with Crippen molar-refractivity contribution in [2.45, 2.75) is 12.4 Å². The summed E-state index contributed by atoms with van der Waals surface area (Å²) in [5.41, 5.74) is 2.58. The Kier molecular flexibility index (Phi) is 12.3. The number of nitrogens with zero attached hydrogens (tertiary/aromatic N) is 9. The van der Waals surface area contributed by atoms with E-state index in [0.29, 0.717) is 108 Å². The van der Waals surface area contributed by atoms with E-state index in [0.717, 1.165) is 22.3 Å². The molecule has 0 aliphatic carbocycles. The van der Waals surface area contributed by atoms with Gasteiger partial charge in [-0.15, -0.1) is 0 Å². The molecule has 0 bridgehead atoms. The summed E-state index contributed by atoms with van der Waals surface area (Å²) in [7, 11) is 0. The highest BCUT2D eigenvalue weighted by atomic mass is 19.4. The topological polar surface area (TPSA) is 111 Å². The fourth-order valence-electron chi connectivity index (χ4n) is 11.1. The predicted octanol–water partition coefficient (Wildman–Crippen LogP) is 17.8. The summed E-state index contributed by atoms with van der Waals surface area (Å²) in [6.07, 6.45) is -10.2. The molecule has 0 saturated carbocycles. The van der Waals surface area contributed by atoms with Gasteiger partial charge in [0.05, 0.1) is 56.2 Å². The lowest BCUT2D eigenvalue weighted by Crippen LogP contribution is -2.13. The van der Waals surface area contributed by atoms with Gasteiger partial charge in [-0.3, -0.25) is 0 Å². The van der Waals surface area contributed by atoms with Crippen molar-refractivity contribution >= 4 is 43.6 Å². The number of hydrogen-bond acceptors (Lipinski definition) is 7. The van der Waals surface area contributed by atoms with Gasteiger partial charge in [0.25, 0.3) is 0 Å². The van der Waals surface area contributed by atoms with E-state index in [1.165, 1.54) is 12.1 Å². The Morgan fingerprint density at radius 2 is 0.667 bits per heavy atom. The third kappa shape index (κ3) is 9.02. The molecule has 4 aromatic heterocycles. The Morgan fingerprint density at radius 1 is 0.321 bits per heavy atom. The molecule has 0 unspecified atom stereocenters. The smallest absolute Gasteiger partial charge is 0.308 e. The summed E-state index contributed by atoms with van der Waals surface area (Å²) in [6.45, 7) is 0. The van der Waals surface area contributed by atoms with Crippen LogP contribution in [0.15, 0.2) is 237 Å². The van der Waals surface area contributed by atoms with Gasteiger partial charge in [-0.05, 0) is 84.4 Å². The van der Waals surface area contributed by atoms with Gasteiger partial charge in [0.1, 0.15) is 0 Å². The first-order valence-electron chi connectivity index (χ1n) is 26.5. The van der Waals surface area contributed by atoms with Gasteiger partial charge in [0.2, 0.25) is 0 Å². The minimum atomic E-state index is -5.16. The number of rotatable bonds is 9. The molecule has 84 heavy (non-hydrogen) atoms. The van der Waals surface area contributed by atoms with Gasteiger partial charge in [-0.2, -0.15) is 31.6 Å².